The number of likely N-dealkylation sites (N-methyl/N-ethyl adjacent to an activating group) is 1. The number of thiazole rings is 1. The Morgan fingerprint density at radius 2 is 1.68 bits per heavy atom. The number of fused-ring (bicyclic) bond motifs is 1. The third kappa shape index (κ3) is 4.43. The Balaban J connectivity index is 1.98. The lowest BCUT2D eigenvalue weighted by Gasteiger charge is -2.22. The Morgan fingerprint density at radius 3 is 2.32 bits per heavy atom. The standard InChI is InChI=1S/C21H25N3O3S/c1-23(2)12-13-24(18(25)14-15-8-6-5-7-9-15)21-22-19-16(26-3)10-11-17(27-4)20(19)28-21/h5-11H,12-14H2,1-4H3. The Morgan fingerprint density at radius 1 is 1.00 bits per heavy atom. The number of amides is 1. The van der Waals surface area contributed by atoms with Crippen LogP contribution in [0.4, 0.5) is 5.13 Å². The number of rotatable bonds is 8. The molecule has 7 heteroatoms. The van der Waals surface area contributed by atoms with Crippen LogP contribution in [-0.2, 0) is 11.2 Å². The second-order valence-corrected chi connectivity index (χ2v) is 7.63. The molecule has 0 aliphatic heterocycles. The van der Waals surface area contributed by atoms with Gasteiger partial charge in [0.2, 0.25) is 5.91 Å². The maximum absolute atomic E-state index is 13.1. The van der Waals surface area contributed by atoms with Crippen LogP contribution in [0.1, 0.15) is 5.56 Å². The summed E-state index contributed by atoms with van der Waals surface area (Å²) in [4.78, 5) is 21.7. The van der Waals surface area contributed by atoms with Crippen molar-refractivity contribution in [3.8, 4) is 11.5 Å². The largest absolute Gasteiger partial charge is 0.495 e. The molecule has 6 nitrogen and oxygen atoms in total. The highest BCUT2D eigenvalue weighted by molar-refractivity contribution is 7.22. The molecule has 0 spiro atoms. The number of benzene rings is 2. The lowest BCUT2D eigenvalue weighted by molar-refractivity contribution is -0.118. The van der Waals surface area contributed by atoms with E-state index in [1.807, 2.05) is 56.6 Å². The molecular weight excluding hydrogens is 374 g/mol. The first-order chi connectivity index (χ1) is 13.5. The number of hydrogen-bond donors (Lipinski definition) is 0. The smallest absolute Gasteiger partial charge is 0.233 e. The number of ether oxygens (including phenoxy) is 2. The summed E-state index contributed by atoms with van der Waals surface area (Å²) in [5.74, 6) is 1.41. The van der Waals surface area contributed by atoms with Gasteiger partial charge in [-0.15, -0.1) is 0 Å². The van der Waals surface area contributed by atoms with E-state index in [0.29, 0.717) is 29.4 Å². The van der Waals surface area contributed by atoms with Crippen molar-refractivity contribution in [3.05, 3.63) is 48.0 Å². The van der Waals surface area contributed by atoms with Crippen LogP contribution in [0.3, 0.4) is 0 Å². The van der Waals surface area contributed by atoms with Gasteiger partial charge in [0.05, 0.1) is 20.6 Å². The first kappa shape index (κ1) is 20.1. The van der Waals surface area contributed by atoms with E-state index in [1.54, 1.807) is 19.1 Å². The van der Waals surface area contributed by atoms with E-state index in [-0.39, 0.29) is 5.91 Å². The Kier molecular flexibility index (Phi) is 6.49. The van der Waals surface area contributed by atoms with E-state index >= 15 is 0 Å². The summed E-state index contributed by atoms with van der Waals surface area (Å²) in [6.07, 6.45) is 0.332. The maximum atomic E-state index is 13.1. The fourth-order valence-corrected chi connectivity index (χ4v) is 4.00. The Hall–Kier alpha value is -2.64. The average Bonchev–Trinajstić information content (AvgIpc) is 3.13. The lowest BCUT2D eigenvalue weighted by atomic mass is 10.1. The van der Waals surface area contributed by atoms with Crippen molar-refractivity contribution in [3.63, 3.8) is 0 Å². The predicted octanol–water partition coefficient (Wildman–Crippen LogP) is 3.45. The van der Waals surface area contributed by atoms with Crippen molar-refractivity contribution in [2.45, 2.75) is 6.42 Å². The van der Waals surface area contributed by atoms with Gasteiger partial charge in [0.15, 0.2) is 5.13 Å². The summed E-state index contributed by atoms with van der Waals surface area (Å²) in [6.45, 7) is 1.30. The van der Waals surface area contributed by atoms with Gasteiger partial charge in [0, 0.05) is 13.1 Å². The molecule has 2 aromatic carbocycles. The molecule has 0 atom stereocenters. The first-order valence-corrected chi connectivity index (χ1v) is 9.85. The van der Waals surface area contributed by atoms with Crippen LogP contribution in [0.15, 0.2) is 42.5 Å². The SMILES string of the molecule is COc1ccc(OC)c2sc(N(CCN(C)C)C(=O)Cc3ccccc3)nc12. The molecule has 0 fully saturated rings. The maximum Gasteiger partial charge on any atom is 0.233 e. The normalized spacial score (nSPS) is 11.0. The number of hydrogen-bond acceptors (Lipinski definition) is 6. The van der Waals surface area contributed by atoms with E-state index in [4.69, 9.17) is 14.5 Å². The van der Waals surface area contributed by atoms with Gasteiger partial charge in [-0.1, -0.05) is 41.7 Å². The van der Waals surface area contributed by atoms with E-state index < -0.39 is 0 Å². The zero-order valence-corrected chi connectivity index (χ0v) is 17.5. The van der Waals surface area contributed by atoms with Crippen LogP contribution in [0.5, 0.6) is 11.5 Å². The number of nitrogens with zero attached hydrogens (tertiary/aromatic N) is 3. The number of aromatic nitrogens is 1. The topological polar surface area (TPSA) is 54.9 Å². The molecule has 0 radical (unpaired) electrons. The highest BCUT2D eigenvalue weighted by Crippen LogP contribution is 2.40. The first-order valence-electron chi connectivity index (χ1n) is 9.04. The van der Waals surface area contributed by atoms with Crippen LogP contribution >= 0.6 is 11.3 Å². The fraction of sp³-hybridized carbons (Fsp3) is 0.333. The number of methoxy groups -OCH3 is 2. The van der Waals surface area contributed by atoms with Gasteiger partial charge in [0.1, 0.15) is 21.7 Å². The van der Waals surface area contributed by atoms with Crippen molar-refractivity contribution < 1.29 is 14.3 Å². The van der Waals surface area contributed by atoms with Gasteiger partial charge in [-0.2, -0.15) is 0 Å². The molecule has 0 saturated carbocycles. The summed E-state index contributed by atoms with van der Waals surface area (Å²) in [5, 5.41) is 0.653. The van der Waals surface area contributed by atoms with Crippen molar-refractivity contribution >= 4 is 32.6 Å². The molecule has 0 bridgehead atoms. The molecule has 1 amide bonds. The molecule has 0 aliphatic carbocycles. The van der Waals surface area contributed by atoms with Crippen molar-refractivity contribution in [2.24, 2.45) is 0 Å². The molecular formula is C21H25N3O3S. The summed E-state index contributed by atoms with van der Waals surface area (Å²) < 4.78 is 11.8. The Labute approximate surface area is 169 Å². The van der Waals surface area contributed by atoms with Gasteiger partial charge in [0.25, 0.3) is 0 Å². The lowest BCUT2D eigenvalue weighted by Crippen LogP contribution is -2.37. The van der Waals surface area contributed by atoms with Crippen molar-refractivity contribution in [1.29, 1.82) is 0 Å². The molecule has 1 aromatic heterocycles. The molecule has 1 heterocycles. The van der Waals surface area contributed by atoms with Crippen LogP contribution < -0.4 is 14.4 Å². The van der Waals surface area contributed by atoms with Crippen LogP contribution in [0, 0.1) is 0 Å². The minimum absolute atomic E-state index is 0.0186. The van der Waals surface area contributed by atoms with E-state index in [2.05, 4.69) is 4.90 Å². The van der Waals surface area contributed by atoms with Crippen molar-refractivity contribution in [1.82, 2.24) is 9.88 Å². The molecule has 0 N–H and O–H groups in total. The molecule has 0 unspecified atom stereocenters. The monoisotopic (exact) mass is 399 g/mol. The average molecular weight is 400 g/mol. The van der Waals surface area contributed by atoms with Gasteiger partial charge in [-0.25, -0.2) is 4.98 Å². The van der Waals surface area contributed by atoms with E-state index in [0.717, 1.165) is 22.6 Å². The number of anilines is 1. The second kappa shape index (κ2) is 9.03. The van der Waals surface area contributed by atoms with Gasteiger partial charge in [-0.05, 0) is 31.8 Å². The van der Waals surface area contributed by atoms with E-state index in [9.17, 15) is 4.79 Å². The predicted molar refractivity (Wildman–Crippen MR) is 114 cm³/mol. The highest BCUT2D eigenvalue weighted by Gasteiger charge is 2.22. The molecule has 0 saturated heterocycles. The zero-order chi connectivity index (χ0) is 20.1. The molecule has 3 rings (SSSR count). The minimum atomic E-state index is 0.0186. The summed E-state index contributed by atoms with van der Waals surface area (Å²) in [5.41, 5.74) is 1.70. The molecule has 3 aromatic rings. The van der Waals surface area contributed by atoms with Gasteiger partial charge < -0.3 is 14.4 Å². The summed E-state index contributed by atoms with van der Waals surface area (Å²) in [6, 6.07) is 13.5. The molecule has 148 valence electrons. The number of carbonyl (C=O) groups excluding carboxylic acids is 1. The van der Waals surface area contributed by atoms with E-state index in [1.165, 1.54) is 11.3 Å². The van der Waals surface area contributed by atoms with Crippen LogP contribution in [-0.4, -0.2) is 57.2 Å². The third-order valence-electron chi connectivity index (χ3n) is 4.40. The fourth-order valence-electron chi connectivity index (χ4n) is 2.88. The highest BCUT2D eigenvalue weighted by atomic mass is 32.1. The number of carbonyl (C=O) groups is 1. The summed E-state index contributed by atoms with van der Waals surface area (Å²) in [7, 11) is 7.23. The molecule has 28 heavy (non-hydrogen) atoms. The van der Waals surface area contributed by atoms with Gasteiger partial charge >= 0.3 is 0 Å². The van der Waals surface area contributed by atoms with Crippen LogP contribution in [0.2, 0.25) is 0 Å². The zero-order valence-electron chi connectivity index (χ0n) is 16.6. The quantitative estimate of drug-likeness (QED) is 0.581. The van der Waals surface area contributed by atoms with Gasteiger partial charge in [-0.3, -0.25) is 9.69 Å². The third-order valence-corrected chi connectivity index (χ3v) is 5.49. The Bertz CT molecular complexity index is 900. The van der Waals surface area contributed by atoms with Crippen LogP contribution in [0.25, 0.3) is 10.2 Å². The molecule has 0 aliphatic rings. The summed E-state index contributed by atoms with van der Waals surface area (Å²) >= 11 is 1.45. The van der Waals surface area contributed by atoms with Crippen molar-refractivity contribution in [2.75, 3.05) is 46.3 Å². The minimum Gasteiger partial charge on any atom is -0.495 e. The second-order valence-electron chi connectivity index (χ2n) is 6.66.